The van der Waals surface area contributed by atoms with Crippen molar-refractivity contribution in [3.63, 3.8) is 0 Å². The van der Waals surface area contributed by atoms with Gasteiger partial charge in [0.2, 0.25) is 11.5 Å². The number of aromatic nitrogens is 2. The fourth-order valence-corrected chi connectivity index (χ4v) is 4.87. The summed E-state index contributed by atoms with van der Waals surface area (Å²) in [7, 11) is 0. The molecular formula is C27H28F4N6O3. The van der Waals surface area contributed by atoms with E-state index >= 15 is 0 Å². The van der Waals surface area contributed by atoms with Gasteiger partial charge in [0.05, 0.1) is 35.7 Å². The van der Waals surface area contributed by atoms with Crippen LogP contribution in [0.25, 0.3) is 11.1 Å². The van der Waals surface area contributed by atoms with Gasteiger partial charge in [0.15, 0.2) is 0 Å². The Balaban J connectivity index is 1.51. The number of alkyl halides is 3. The number of morpholine rings is 1. The summed E-state index contributed by atoms with van der Waals surface area (Å²) in [5.74, 6) is -1.77. The highest BCUT2D eigenvalue weighted by molar-refractivity contribution is 6.07. The van der Waals surface area contributed by atoms with E-state index in [1.165, 1.54) is 12.3 Å². The molecule has 13 heteroatoms. The second-order valence-corrected chi connectivity index (χ2v) is 9.62. The maximum absolute atomic E-state index is 15.0. The molecule has 212 valence electrons. The van der Waals surface area contributed by atoms with Gasteiger partial charge in [-0.05, 0) is 29.3 Å². The zero-order valence-corrected chi connectivity index (χ0v) is 21.5. The number of anilines is 2. The molecule has 0 radical (unpaired) electrons. The number of pyridine rings is 2. The maximum atomic E-state index is 15.0. The van der Waals surface area contributed by atoms with Crippen LogP contribution in [0.5, 0.6) is 0 Å². The van der Waals surface area contributed by atoms with Crippen LogP contribution in [0.3, 0.4) is 0 Å². The smallest absolute Gasteiger partial charge is 0.379 e. The molecule has 40 heavy (non-hydrogen) atoms. The number of H-pyrrole nitrogens is 1. The predicted molar refractivity (Wildman–Crippen MR) is 141 cm³/mol. The van der Waals surface area contributed by atoms with Crippen LogP contribution in [0.2, 0.25) is 0 Å². The lowest BCUT2D eigenvalue weighted by molar-refractivity contribution is -0.138. The second kappa shape index (κ2) is 11.7. The van der Waals surface area contributed by atoms with E-state index in [1.807, 2.05) is 4.90 Å². The molecule has 0 saturated carbocycles. The Morgan fingerprint density at radius 2 is 1.82 bits per heavy atom. The van der Waals surface area contributed by atoms with Gasteiger partial charge in [-0.3, -0.25) is 14.5 Å². The van der Waals surface area contributed by atoms with E-state index in [9.17, 15) is 27.2 Å². The number of piperazine rings is 1. The average Bonchev–Trinajstić information content (AvgIpc) is 2.94. The molecule has 0 spiro atoms. The van der Waals surface area contributed by atoms with Gasteiger partial charge in [-0.25, -0.2) is 4.98 Å². The molecule has 2 aliphatic rings. The van der Waals surface area contributed by atoms with Crippen LogP contribution in [0.1, 0.15) is 21.5 Å². The summed E-state index contributed by atoms with van der Waals surface area (Å²) < 4.78 is 61.2. The standard InChI is InChI=1S/C27H28F4N6O3/c28-25-19(11-17(14-34-25)16-36-7-9-40-10-8-36)18-1-2-23(37-5-3-32-4-6-37)22(12-18)35-26(39)20-15-33-24(38)13-21(20)27(29,30)31/h1-2,11-15,32H,3-10,16H2,(H,33,38)(H,35,39). The highest BCUT2D eigenvalue weighted by Gasteiger charge is 2.36. The Labute approximate surface area is 227 Å². The summed E-state index contributed by atoms with van der Waals surface area (Å²) in [5.41, 5.74) is -0.876. The van der Waals surface area contributed by atoms with E-state index in [0.717, 1.165) is 24.8 Å². The number of halogens is 4. The van der Waals surface area contributed by atoms with Crippen molar-refractivity contribution in [1.82, 2.24) is 20.2 Å². The lowest BCUT2D eigenvalue weighted by atomic mass is 10.0. The van der Waals surface area contributed by atoms with Gasteiger partial charge in [-0.1, -0.05) is 6.07 Å². The first-order valence-corrected chi connectivity index (χ1v) is 12.8. The maximum Gasteiger partial charge on any atom is 0.417 e. The van der Waals surface area contributed by atoms with Gasteiger partial charge < -0.3 is 25.3 Å². The summed E-state index contributed by atoms with van der Waals surface area (Å²) in [4.78, 5) is 34.9. The van der Waals surface area contributed by atoms with Crippen LogP contribution in [-0.2, 0) is 17.5 Å². The highest BCUT2D eigenvalue weighted by atomic mass is 19.4. The number of carbonyl (C=O) groups is 1. The molecular weight excluding hydrogens is 532 g/mol. The van der Waals surface area contributed by atoms with Gasteiger partial charge in [0.25, 0.3) is 5.91 Å². The van der Waals surface area contributed by atoms with Crippen LogP contribution in [0.15, 0.2) is 47.5 Å². The minimum absolute atomic E-state index is 0.202. The fraction of sp³-hybridized carbons (Fsp3) is 0.370. The number of nitrogens with one attached hydrogen (secondary N) is 3. The molecule has 1 amide bonds. The molecule has 2 aromatic heterocycles. The molecule has 4 heterocycles. The molecule has 5 rings (SSSR count). The number of rotatable bonds is 6. The van der Waals surface area contributed by atoms with E-state index in [4.69, 9.17) is 4.74 Å². The average molecular weight is 561 g/mol. The number of hydrogen-bond acceptors (Lipinski definition) is 7. The van der Waals surface area contributed by atoms with Crippen molar-refractivity contribution in [1.29, 1.82) is 0 Å². The van der Waals surface area contributed by atoms with Gasteiger partial charge in [-0.15, -0.1) is 0 Å². The van der Waals surface area contributed by atoms with E-state index in [0.29, 0.717) is 63.3 Å². The van der Waals surface area contributed by atoms with Crippen LogP contribution in [-0.4, -0.2) is 73.3 Å². The third-order valence-corrected chi connectivity index (χ3v) is 6.89. The summed E-state index contributed by atoms with van der Waals surface area (Å²) in [6.07, 6.45) is -2.70. The lowest BCUT2D eigenvalue weighted by Crippen LogP contribution is -2.43. The number of ether oxygens (including phenoxy) is 1. The van der Waals surface area contributed by atoms with Crippen molar-refractivity contribution in [3.05, 3.63) is 75.7 Å². The first-order valence-electron chi connectivity index (χ1n) is 12.8. The second-order valence-electron chi connectivity index (χ2n) is 9.62. The molecule has 0 atom stereocenters. The zero-order valence-electron chi connectivity index (χ0n) is 21.5. The third kappa shape index (κ3) is 6.32. The first kappa shape index (κ1) is 27.7. The summed E-state index contributed by atoms with van der Waals surface area (Å²) in [5, 5.41) is 5.80. The molecule has 3 N–H and O–H groups in total. The number of nitrogens with zero attached hydrogens (tertiary/aromatic N) is 3. The molecule has 2 fully saturated rings. The fourth-order valence-electron chi connectivity index (χ4n) is 4.87. The lowest BCUT2D eigenvalue weighted by Gasteiger charge is -2.31. The number of amides is 1. The SMILES string of the molecule is O=C(Nc1cc(-c2cc(CN3CCOCC3)cnc2F)ccc1N1CCNCC1)c1c[nH]c(=O)cc1C(F)(F)F. The first-order chi connectivity index (χ1) is 19.2. The number of hydrogen-bond donors (Lipinski definition) is 3. The van der Waals surface area contributed by atoms with Crippen LogP contribution >= 0.6 is 0 Å². The third-order valence-electron chi connectivity index (χ3n) is 6.89. The van der Waals surface area contributed by atoms with Crippen LogP contribution < -0.4 is 21.1 Å². The van der Waals surface area contributed by atoms with E-state index in [2.05, 4.69) is 25.5 Å². The van der Waals surface area contributed by atoms with Crippen molar-refractivity contribution in [3.8, 4) is 11.1 Å². The Morgan fingerprint density at radius 1 is 1.07 bits per heavy atom. The topological polar surface area (TPSA) is 103 Å². The van der Waals surface area contributed by atoms with Crippen molar-refractivity contribution in [2.75, 3.05) is 62.7 Å². The van der Waals surface area contributed by atoms with E-state index in [-0.39, 0.29) is 11.3 Å². The summed E-state index contributed by atoms with van der Waals surface area (Å²) >= 11 is 0. The van der Waals surface area contributed by atoms with Gasteiger partial charge >= 0.3 is 6.18 Å². The van der Waals surface area contributed by atoms with Gasteiger partial charge in [-0.2, -0.15) is 17.6 Å². The molecule has 0 bridgehead atoms. The molecule has 3 aromatic rings. The molecule has 9 nitrogen and oxygen atoms in total. The van der Waals surface area contributed by atoms with Crippen LogP contribution in [0.4, 0.5) is 28.9 Å². The minimum atomic E-state index is -4.92. The largest absolute Gasteiger partial charge is 0.417 e. The number of carbonyl (C=O) groups excluding carboxylic acids is 1. The monoisotopic (exact) mass is 560 g/mol. The van der Waals surface area contributed by atoms with Crippen molar-refractivity contribution >= 4 is 17.3 Å². The highest BCUT2D eigenvalue weighted by Crippen LogP contribution is 2.35. The number of benzene rings is 1. The molecule has 0 aliphatic carbocycles. The summed E-state index contributed by atoms with van der Waals surface area (Å²) in [6.45, 7) is 5.81. The van der Waals surface area contributed by atoms with Crippen molar-refractivity contribution in [2.45, 2.75) is 12.7 Å². The Morgan fingerprint density at radius 3 is 2.55 bits per heavy atom. The van der Waals surface area contributed by atoms with Gasteiger partial charge in [0, 0.05) is 69.8 Å². The Hall–Kier alpha value is -3.81. The quantitative estimate of drug-likeness (QED) is 0.315. The Kier molecular flexibility index (Phi) is 8.14. The van der Waals surface area contributed by atoms with Crippen molar-refractivity contribution in [2.24, 2.45) is 0 Å². The van der Waals surface area contributed by atoms with Gasteiger partial charge in [0.1, 0.15) is 0 Å². The molecule has 2 aliphatic heterocycles. The normalized spacial score (nSPS) is 16.6. The van der Waals surface area contributed by atoms with Crippen molar-refractivity contribution < 1.29 is 27.1 Å². The molecule has 2 saturated heterocycles. The zero-order chi connectivity index (χ0) is 28.3. The van der Waals surface area contributed by atoms with E-state index in [1.54, 1.807) is 18.2 Å². The predicted octanol–water partition coefficient (Wildman–Crippen LogP) is 3.09. The molecule has 1 aromatic carbocycles. The molecule has 0 unspecified atom stereocenters. The minimum Gasteiger partial charge on any atom is -0.379 e. The van der Waals surface area contributed by atoms with Crippen LogP contribution in [0, 0.1) is 5.95 Å². The van der Waals surface area contributed by atoms with E-state index < -0.39 is 34.7 Å². The Bertz CT molecular complexity index is 1430. The summed E-state index contributed by atoms with van der Waals surface area (Å²) in [6, 6.07) is 6.98. The number of aromatic amines is 1.